The van der Waals surface area contributed by atoms with Gasteiger partial charge in [0.2, 0.25) is 5.28 Å². The monoisotopic (exact) mass is 283 g/mol. The molecule has 0 N–H and O–H groups in total. The second-order valence-corrected chi connectivity index (χ2v) is 5.01. The maximum absolute atomic E-state index is 6.12. The Balaban J connectivity index is 2.35. The van der Waals surface area contributed by atoms with Gasteiger partial charge in [0.25, 0.3) is 0 Å². The van der Waals surface area contributed by atoms with Crippen LogP contribution in [0.15, 0.2) is 24.3 Å². The Labute approximate surface area is 117 Å². The number of hydrogen-bond acceptors (Lipinski definition) is 2. The van der Waals surface area contributed by atoms with Crippen molar-refractivity contribution in [2.24, 2.45) is 0 Å². The number of hydrogen-bond donors (Lipinski definition) is 0. The Kier molecular flexibility index (Phi) is 4.25. The van der Waals surface area contributed by atoms with Gasteiger partial charge in [-0.3, -0.25) is 4.57 Å². The summed E-state index contributed by atoms with van der Waals surface area (Å²) < 4.78 is 1.97. The van der Waals surface area contributed by atoms with E-state index in [2.05, 4.69) is 24.0 Å². The van der Waals surface area contributed by atoms with Crippen molar-refractivity contribution in [3.05, 3.63) is 46.0 Å². The van der Waals surface area contributed by atoms with Crippen LogP contribution in [-0.4, -0.2) is 14.8 Å². The minimum atomic E-state index is 0.103. The van der Waals surface area contributed by atoms with Crippen LogP contribution < -0.4 is 0 Å². The number of aromatic nitrogens is 3. The molecule has 2 aromatic rings. The van der Waals surface area contributed by atoms with E-state index in [9.17, 15) is 0 Å². The third-order valence-electron chi connectivity index (χ3n) is 2.94. The van der Waals surface area contributed by atoms with Crippen molar-refractivity contribution in [2.45, 2.75) is 32.7 Å². The highest BCUT2D eigenvalue weighted by atomic mass is 35.5. The van der Waals surface area contributed by atoms with E-state index in [1.54, 1.807) is 0 Å². The first-order valence-corrected chi connectivity index (χ1v) is 6.73. The number of rotatable bonds is 4. The molecule has 0 aliphatic rings. The molecule has 1 aromatic heterocycles. The van der Waals surface area contributed by atoms with Gasteiger partial charge in [0.05, 0.1) is 6.04 Å². The van der Waals surface area contributed by atoms with E-state index in [4.69, 9.17) is 23.2 Å². The molecule has 0 aliphatic carbocycles. The summed E-state index contributed by atoms with van der Waals surface area (Å²) in [5, 5.41) is 9.24. The highest BCUT2D eigenvalue weighted by molar-refractivity contribution is 6.30. The third kappa shape index (κ3) is 2.68. The summed E-state index contributed by atoms with van der Waals surface area (Å²) in [6.07, 6.45) is 1.89. The molecule has 0 saturated carbocycles. The molecule has 18 heavy (non-hydrogen) atoms. The van der Waals surface area contributed by atoms with E-state index in [0.717, 1.165) is 29.3 Å². The number of nitrogens with zero attached hydrogens (tertiary/aromatic N) is 3. The van der Waals surface area contributed by atoms with Gasteiger partial charge in [0.1, 0.15) is 5.82 Å². The molecule has 96 valence electrons. The molecule has 0 saturated heterocycles. The van der Waals surface area contributed by atoms with Crippen LogP contribution in [0.4, 0.5) is 0 Å². The molecule has 1 atom stereocenters. The maximum Gasteiger partial charge on any atom is 0.225 e. The third-order valence-corrected chi connectivity index (χ3v) is 3.45. The van der Waals surface area contributed by atoms with Gasteiger partial charge in [-0.1, -0.05) is 30.7 Å². The molecule has 0 aliphatic heterocycles. The van der Waals surface area contributed by atoms with Crippen LogP contribution >= 0.6 is 23.2 Å². The zero-order chi connectivity index (χ0) is 13.1. The van der Waals surface area contributed by atoms with Crippen molar-refractivity contribution in [1.29, 1.82) is 0 Å². The molecule has 1 heterocycles. The fraction of sp³-hybridized carbons (Fsp3) is 0.385. The van der Waals surface area contributed by atoms with Gasteiger partial charge in [-0.15, -0.1) is 10.2 Å². The zero-order valence-corrected chi connectivity index (χ0v) is 11.9. The fourth-order valence-electron chi connectivity index (χ4n) is 1.97. The van der Waals surface area contributed by atoms with Crippen molar-refractivity contribution < 1.29 is 0 Å². The first-order chi connectivity index (χ1) is 8.63. The SMILES string of the molecule is CCCc1nnc(Cl)n1C(C)c1ccc(Cl)cc1. The summed E-state index contributed by atoms with van der Waals surface area (Å²) in [5.74, 6) is 0.921. The highest BCUT2D eigenvalue weighted by Crippen LogP contribution is 2.24. The normalized spacial score (nSPS) is 12.7. The van der Waals surface area contributed by atoms with E-state index < -0.39 is 0 Å². The highest BCUT2D eigenvalue weighted by Gasteiger charge is 2.16. The fourth-order valence-corrected chi connectivity index (χ4v) is 2.38. The summed E-state index contributed by atoms with van der Waals surface area (Å²) in [5.41, 5.74) is 1.14. The van der Waals surface area contributed by atoms with Gasteiger partial charge in [0, 0.05) is 11.4 Å². The average Bonchev–Trinajstić information content (AvgIpc) is 2.71. The zero-order valence-electron chi connectivity index (χ0n) is 10.4. The number of benzene rings is 1. The van der Waals surface area contributed by atoms with Crippen molar-refractivity contribution in [1.82, 2.24) is 14.8 Å². The molecular weight excluding hydrogens is 269 g/mol. The topological polar surface area (TPSA) is 30.7 Å². The van der Waals surface area contributed by atoms with E-state index in [-0.39, 0.29) is 6.04 Å². The first kappa shape index (κ1) is 13.4. The number of halogens is 2. The Morgan fingerprint density at radius 1 is 1.17 bits per heavy atom. The van der Waals surface area contributed by atoms with Crippen LogP contribution in [0.5, 0.6) is 0 Å². The van der Waals surface area contributed by atoms with Gasteiger partial charge in [-0.25, -0.2) is 0 Å². The molecule has 0 amide bonds. The lowest BCUT2D eigenvalue weighted by molar-refractivity contribution is 0.596. The number of aryl methyl sites for hydroxylation is 1. The van der Waals surface area contributed by atoms with Crippen LogP contribution in [0.3, 0.4) is 0 Å². The van der Waals surface area contributed by atoms with E-state index >= 15 is 0 Å². The van der Waals surface area contributed by atoms with Gasteiger partial charge < -0.3 is 0 Å². The minimum absolute atomic E-state index is 0.103. The van der Waals surface area contributed by atoms with Crippen LogP contribution in [0.25, 0.3) is 0 Å². The summed E-state index contributed by atoms with van der Waals surface area (Å²) in [4.78, 5) is 0. The van der Waals surface area contributed by atoms with Gasteiger partial charge in [0.15, 0.2) is 0 Å². The average molecular weight is 284 g/mol. The lowest BCUT2D eigenvalue weighted by Gasteiger charge is -2.16. The summed E-state index contributed by atoms with van der Waals surface area (Å²) in [6.45, 7) is 4.19. The largest absolute Gasteiger partial charge is 0.294 e. The maximum atomic E-state index is 6.12. The minimum Gasteiger partial charge on any atom is -0.294 e. The van der Waals surface area contributed by atoms with Gasteiger partial charge >= 0.3 is 0 Å². The quantitative estimate of drug-likeness (QED) is 0.844. The smallest absolute Gasteiger partial charge is 0.225 e. The summed E-state index contributed by atoms with van der Waals surface area (Å²) >= 11 is 12.0. The van der Waals surface area contributed by atoms with Crippen LogP contribution in [0.1, 0.15) is 37.7 Å². The van der Waals surface area contributed by atoms with Crippen LogP contribution in [0, 0.1) is 0 Å². The first-order valence-electron chi connectivity index (χ1n) is 5.98. The summed E-state index contributed by atoms with van der Waals surface area (Å²) in [7, 11) is 0. The van der Waals surface area contributed by atoms with Gasteiger partial charge in [-0.2, -0.15) is 0 Å². The molecule has 0 radical (unpaired) electrons. The van der Waals surface area contributed by atoms with Crippen molar-refractivity contribution >= 4 is 23.2 Å². The lowest BCUT2D eigenvalue weighted by atomic mass is 10.1. The van der Waals surface area contributed by atoms with Crippen molar-refractivity contribution in [2.75, 3.05) is 0 Å². The van der Waals surface area contributed by atoms with Crippen molar-refractivity contribution in [3.8, 4) is 0 Å². The summed E-state index contributed by atoms with van der Waals surface area (Å²) in [6, 6.07) is 7.86. The molecule has 3 nitrogen and oxygen atoms in total. The molecule has 0 spiro atoms. The predicted molar refractivity (Wildman–Crippen MR) is 74.3 cm³/mol. The second kappa shape index (κ2) is 5.72. The van der Waals surface area contributed by atoms with E-state index in [0.29, 0.717) is 5.28 Å². The Morgan fingerprint density at radius 2 is 1.83 bits per heavy atom. The Hall–Kier alpha value is -1.06. The van der Waals surface area contributed by atoms with Crippen LogP contribution in [0.2, 0.25) is 10.3 Å². The Morgan fingerprint density at radius 3 is 2.44 bits per heavy atom. The van der Waals surface area contributed by atoms with Crippen LogP contribution in [-0.2, 0) is 6.42 Å². The molecule has 0 bridgehead atoms. The molecule has 2 rings (SSSR count). The molecular formula is C13H15Cl2N3. The van der Waals surface area contributed by atoms with Gasteiger partial charge in [-0.05, 0) is 42.6 Å². The lowest BCUT2D eigenvalue weighted by Crippen LogP contribution is -2.11. The standard InChI is InChI=1S/C13H15Cl2N3/c1-3-4-12-16-17-13(15)18(12)9(2)10-5-7-11(14)8-6-10/h5-9H,3-4H2,1-2H3. The Bertz CT molecular complexity index is 520. The molecule has 1 aromatic carbocycles. The molecule has 5 heteroatoms. The molecule has 1 unspecified atom stereocenters. The predicted octanol–water partition coefficient (Wildman–Crippen LogP) is 4.15. The van der Waals surface area contributed by atoms with E-state index in [1.807, 2.05) is 28.8 Å². The van der Waals surface area contributed by atoms with E-state index in [1.165, 1.54) is 0 Å². The molecule has 0 fully saturated rings. The second-order valence-electron chi connectivity index (χ2n) is 4.23. The van der Waals surface area contributed by atoms with Crippen molar-refractivity contribution in [3.63, 3.8) is 0 Å².